The Hall–Kier alpha value is 1.12. The van der Waals surface area contributed by atoms with Crippen molar-refractivity contribution in [2.45, 2.75) is 0 Å². The average Bonchev–Trinajstić information content (AvgIpc) is 2.68. The molecule has 0 saturated carbocycles. The van der Waals surface area contributed by atoms with Gasteiger partial charge in [0.05, 0.1) is 12.3 Å². The maximum atomic E-state index is 9.70. The van der Waals surface area contributed by atoms with Crippen LogP contribution in [0.5, 0.6) is 0 Å². The van der Waals surface area contributed by atoms with E-state index >= 15 is 0 Å². The lowest BCUT2D eigenvalue weighted by molar-refractivity contribution is -0.0289. The van der Waals surface area contributed by atoms with Gasteiger partial charge in [0.15, 0.2) is 0 Å². The van der Waals surface area contributed by atoms with Crippen molar-refractivity contribution in [1.29, 1.82) is 0 Å². The van der Waals surface area contributed by atoms with Gasteiger partial charge >= 0.3 is 108 Å². The van der Waals surface area contributed by atoms with E-state index in [0.717, 1.165) is 0 Å². The van der Waals surface area contributed by atoms with Gasteiger partial charge in [-0.1, -0.05) is 0 Å². The number of nitrogens with two attached hydrogens (primary N) is 2. The molecule has 49 heteroatoms. The van der Waals surface area contributed by atoms with Crippen LogP contribution in [0, 0.1) is 0 Å². The Labute approximate surface area is 291 Å². The first-order chi connectivity index (χ1) is 21.9. The monoisotopic (exact) mass is 980 g/mol. The zero-order chi connectivity index (χ0) is 41.2. The maximum Gasteiger partial charge on any atom is 0.662 e. The lowest BCUT2D eigenvalue weighted by Gasteiger charge is -2.32. The summed E-state index contributed by atoms with van der Waals surface area (Å²) in [4.78, 5) is 229. The van der Waals surface area contributed by atoms with Crippen LogP contribution in [0.25, 0.3) is 0 Å². The standard InChI is InChI=1S/C2H32N2O35Si12/c3-1-40(5,6)29-42(9,10)31-44(13,14)33-46(17,18)35-48(21,22)37-50(25,26)39-51(27,28)38-49(23,24)36-47(19,20)34-45(15,16)32-43(11,12)30-41(7,8)2-4/h5-28H,1-4H2. The molecule has 37 nitrogen and oxygen atoms in total. The van der Waals surface area contributed by atoms with E-state index in [0.29, 0.717) is 0 Å². The molecule has 0 aliphatic carbocycles. The molecule has 0 heterocycles. The summed E-state index contributed by atoms with van der Waals surface area (Å²) in [6.45, 7) is 0. The predicted molar refractivity (Wildman–Crippen MR) is 152 cm³/mol. The van der Waals surface area contributed by atoms with Gasteiger partial charge in [-0.25, -0.2) is 0 Å². The number of rotatable bonds is 24. The zero-order valence-corrected chi connectivity index (χ0v) is 35.8. The Morgan fingerprint density at radius 3 is 0.412 bits per heavy atom. The minimum absolute atomic E-state index is 1.17. The fraction of sp³-hybridized carbons (Fsp3) is 1.00. The topological polar surface area (TPSA) is 639 Å². The van der Waals surface area contributed by atoms with E-state index in [4.69, 9.17) is 11.5 Å². The van der Waals surface area contributed by atoms with Crippen molar-refractivity contribution in [3.63, 3.8) is 0 Å². The predicted octanol–water partition coefficient (Wildman–Crippen LogP) is -19.8. The van der Waals surface area contributed by atoms with Gasteiger partial charge in [-0.2, -0.15) is 0 Å². The molecule has 51 heavy (non-hydrogen) atoms. The molecule has 28 N–H and O–H groups in total. The second kappa shape index (κ2) is 17.3. The molecule has 0 aliphatic rings. The van der Waals surface area contributed by atoms with Crippen molar-refractivity contribution >= 4 is 108 Å². The number of hydrogen-bond donors (Lipinski definition) is 26. The highest BCUT2D eigenvalue weighted by Crippen LogP contribution is 2.22. The minimum Gasteiger partial charge on any atom is -0.389 e. The molecule has 0 aliphatic heterocycles. The molecule has 0 amide bonds. The van der Waals surface area contributed by atoms with Gasteiger partial charge in [-0.3, -0.25) is 0 Å². The zero-order valence-electron chi connectivity index (χ0n) is 23.8. The average molecular weight is 981 g/mol. The Kier molecular flexibility index (Phi) is 17.7. The Bertz CT molecular complexity index is 1020. The second-order valence-electron chi connectivity index (χ2n) is 8.50. The molecule has 0 rings (SSSR count). The first-order valence-corrected chi connectivity index (χ1v) is 32.5. The third kappa shape index (κ3) is 23.1. The van der Waals surface area contributed by atoms with E-state index in [1.807, 2.05) is 0 Å². The summed E-state index contributed by atoms with van der Waals surface area (Å²) in [6, 6.07) is 0. The van der Waals surface area contributed by atoms with Gasteiger partial charge in [0.25, 0.3) is 0 Å². The largest absolute Gasteiger partial charge is 0.662 e. The van der Waals surface area contributed by atoms with Gasteiger partial charge < -0.3 is 172 Å². The Balaban J connectivity index is 5.58. The lowest BCUT2D eigenvalue weighted by atomic mass is 11.5. The highest BCUT2D eigenvalue weighted by atomic mass is 28.6. The minimum atomic E-state index is -6.74. The van der Waals surface area contributed by atoms with E-state index in [9.17, 15) is 115 Å². The summed E-state index contributed by atoms with van der Waals surface area (Å²) in [7, 11) is -75.3. The third-order valence-corrected chi connectivity index (χ3v) is 28.5. The second-order valence-corrected chi connectivity index (χ2v) is 32.2. The fourth-order valence-corrected chi connectivity index (χ4v) is 24.2. The number of hydrogen-bond acceptors (Lipinski definition) is 37. The van der Waals surface area contributed by atoms with Crippen LogP contribution in [-0.2, 0) is 45.3 Å². The van der Waals surface area contributed by atoms with Crippen LogP contribution in [0.3, 0.4) is 0 Å². The van der Waals surface area contributed by atoms with Crippen LogP contribution in [-0.4, -0.2) is 236 Å². The molecule has 0 saturated heterocycles. The van der Waals surface area contributed by atoms with E-state index in [-0.39, 0.29) is 0 Å². The maximum absolute atomic E-state index is 9.70. The van der Waals surface area contributed by atoms with Crippen molar-refractivity contribution in [2.24, 2.45) is 11.5 Å². The van der Waals surface area contributed by atoms with Crippen molar-refractivity contribution in [1.82, 2.24) is 0 Å². The van der Waals surface area contributed by atoms with E-state index in [1.165, 1.54) is 0 Å². The highest BCUT2D eigenvalue weighted by molar-refractivity contribution is 6.81. The van der Waals surface area contributed by atoms with Crippen LogP contribution in [0.4, 0.5) is 0 Å². The summed E-state index contributed by atoms with van der Waals surface area (Å²) < 4.78 is 40.7. The molecule has 0 atom stereocenters. The first kappa shape index (κ1) is 52.1. The van der Waals surface area contributed by atoms with Crippen molar-refractivity contribution in [3.05, 3.63) is 0 Å². The van der Waals surface area contributed by atoms with Crippen molar-refractivity contribution in [2.75, 3.05) is 12.3 Å². The van der Waals surface area contributed by atoms with Gasteiger partial charge in [-0.05, 0) is 0 Å². The van der Waals surface area contributed by atoms with Crippen LogP contribution in [0.2, 0.25) is 0 Å². The summed E-state index contributed by atoms with van der Waals surface area (Å²) in [5, 5.41) is 0. The van der Waals surface area contributed by atoms with E-state index in [2.05, 4.69) is 45.3 Å². The van der Waals surface area contributed by atoms with Crippen LogP contribution in [0.1, 0.15) is 0 Å². The molecule has 308 valence electrons. The summed E-state index contributed by atoms with van der Waals surface area (Å²) in [6.07, 6.45) is -2.34. The van der Waals surface area contributed by atoms with Crippen LogP contribution >= 0.6 is 0 Å². The van der Waals surface area contributed by atoms with E-state index < -0.39 is 120 Å². The molecule has 0 spiro atoms. The molecular formula is C2H32N2O35Si12. The molecular weight excluding hydrogens is 949 g/mol. The molecule has 0 radical (unpaired) electrons. The quantitative estimate of drug-likeness (QED) is 0.0399. The fourth-order valence-electron chi connectivity index (χ4n) is 2.28. The molecule has 0 aromatic heterocycles. The highest BCUT2D eigenvalue weighted by Gasteiger charge is 2.68. The smallest absolute Gasteiger partial charge is 0.389 e. The van der Waals surface area contributed by atoms with Crippen LogP contribution in [0.15, 0.2) is 0 Å². The molecule has 0 bridgehead atoms. The Morgan fingerprint density at radius 1 is 0.216 bits per heavy atom. The van der Waals surface area contributed by atoms with Gasteiger partial charge in [-0.15, -0.1) is 0 Å². The van der Waals surface area contributed by atoms with E-state index in [1.54, 1.807) is 0 Å². The van der Waals surface area contributed by atoms with Gasteiger partial charge in [0, 0.05) is 0 Å². The summed E-state index contributed by atoms with van der Waals surface area (Å²) in [5.41, 5.74) is 9.67. The van der Waals surface area contributed by atoms with Gasteiger partial charge in [0.2, 0.25) is 0 Å². The normalized spacial score (nSPS) is 15.9. The molecule has 0 fully saturated rings. The van der Waals surface area contributed by atoms with Crippen molar-refractivity contribution in [3.8, 4) is 0 Å². The SMILES string of the molecule is NC[Si](O)(O)O[Si](O)(O)O[Si](O)(O)O[Si](O)(O)O[Si](O)(O)O[Si](O)(O)O[Si](O)(O)O[Si](O)(O)O[Si](O)(O)O[Si](O)(O)O[Si](O)(O)O[Si](O)(O)CN. The van der Waals surface area contributed by atoms with Crippen molar-refractivity contribution < 1.29 is 160 Å². The lowest BCUT2D eigenvalue weighted by Crippen LogP contribution is -2.70. The van der Waals surface area contributed by atoms with Gasteiger partial charge in [0.1, 0.15) is 0 Å². The third-order valence-electron chi connectivity index (χ3n) is 3.52. The molecule has 0 unspecified atom stereocenters. The first-order valence-electron chi connectivity index (χ1n) is 11.4. The van der Waals surface area contributed by atoms with Crippen LogP contribution < -0.4 is 11.5 Å². The summed E-state index contributed by atoms with van der Waals surface area (Å²) >= 11 is 0. The molecule has 0 aromatic rings. The summed E-state index contributed by atoms with van der Waals surface area (Å²) in [5.74, 6) is 0. The Morgan fingerprint density at radius 2 is 0.314 bits per heavy atom. The molecule has 0 aromatic carbocycles.